The minimum absolute atomic E-state index is 0.128. The van der Waals surface area contributed by atoms with E-state index < -0.39 is 11.9 Å². The van der Waals surface area contributed by atoms with Crippen molar-refractivity contribution in [2.24, 2.45) is 0 Å². The Balaban J connectivity index is 2.05. The number of carboxylic acid groups (broad SMARTS) is 1. The van der Waals surface area contributed by atoms with Crippen LogP contribution in [0.15, 0.2) is 35.1 Å². The van der Waals surface area contributed by atoms with Gasteiger partial charge in [-0.3, -0.25) is 14.2 Å². The lowest BCUT2D eigenvalue weighted by molar-refractivity contribution is -0.139. The van der Waals surface area contributed by atoms with E-state index in [2.05, 4.69) is 0 Å². The number of aliphatic carboxylic acids is 1. The van der Waals surface area contributed by atoms with Gasteiger partial charge in [-0.2, -0.15) is 0 Å². The van der Waals surface area contributed by atoms with Crippen LogP contribution in [0.5, 0.6) is 0 Å². The standard InChI is InChI=1S/C19H18N2O3S/c1-2-21-16(11-7-4-3-5-8-11)20-17-15(18(21)22)14-12(19(23)24)9-6-10-13(14)25-17/h3-5,7-8,12H,2,6,9-10H2,1H3,(H,23,24). The van der Waals surface area contributed by atoms with E-state index in [1.807, 2.05) is 37.3 Å². The molecule has 0 radical (unpaired) electrons. The van der Waals surface area contributed by atoms with Crippen molar-refractivity contribution < 1.29 is 9.90 Å². The van der Waals surface area contributed by atoms with Gasteiger partial charge in [0.15, 0.2) is 0 Å². The molecular formula is C19H18N2O3S. The van der Waals surface area contributed by atoms with Gasteiger partial charge in [0, 0.05) is 17.0 Å². The Hall–Kier alpha value is -2.47. The van der Waals surface area contributed by atoms with Crippen LogP contribution in [-0.2, 0) is 17.8 Å². The monoisotopic (exact) mass is 354 g/mol. The Kier molecular flexibility index (Phi) is 3.92. The Morgan fingerprint density at radius 3 is 2.80 bits per heavy atom. The third-order valence-corrected chi connectivity index (χ3v) is 5.98. The first-order valence-corrected chi connectivity index (χ1v) is 9.27. The molecule has 128 valence electrons. The van der Waals surface area contributed by atoms with E-state index in [-0.39, 0.29) is 5.56 Å². The molecule has 3 aromatic rings. The van der Waals surface area contributed by atoms with Gasteiger partial charge in [0.05, 0.1) is 11.3 Å². The molecule has 1 atom stereocenters. The van der Waals surface area contributed by atoms with Gasteiger partial charge < -0.3 is 5.11 Å². The van der Waals surface area contributed by atoms with Gasteiger partial charge in [0.25, 0.3) is 5.56 Å². The number of carbonyl (C=O) groups is 1. The molecule has 1 aliphatic carbocycles. The lowest BCUT2D eigenvalue weighted by Gasteiger charge is -2.19. The molecule has 1 aliphatic rings. The topological polar surface area (TPSA) is 72.2 Å². The zero-order chi connectivity index (χ0) is 17.6. The molecule has 1 unspecified atom stereocenters. The number of fused-ring (bicyclic) bond motifs is 3. The number of thiophene rings is 1. The van der Waals surface area contributed by atoms with Crippen molar-refractivity contribution in [3.05, 3.63) is 51.1 Å². The van der Waals surface area contributed by atoms with Crippen molar-refractivity contribution in [2.45, 2.75) is 38.6 Å². The van der Waals surface area contributed by atoms with E-state index in [1.165, 1.54) is 11.3 Å². The summed E-state index contributed by atoms with van der Waals surface area (Å²) in [5.74, 6) is -0.804. The normalized spacial score (nSPS) is 16.8. The van der Waals surface area contributed by atoms with Crippen LogP contribution >= 0.6 is 11.3 Å². The largest absolute Gasteiger partial charge is 0.481 e. The summed E-state index contributed by atoms with van der Waals surface area (Å²) in [6, 6.07) is 9.65. The lowest BCUT2D eigenvalue weighted by Crippen LogP contribution is -2.25. The molecule has 0 bridgehead atoms. The van der Waals surface area contributed by atoms with Crippen LogP contribution in [0.2, 0.25) is 0 Å². The zero-order valence-electron chi connectivity index (χ0n) is 13.9. The lowest BCUT2D eigenvalue weighted by atomic mass is 9.86. The van der Waals surface area contributed by atoms with E-state index in [1.54, 1.807) is 4.57 Å². The van der Waals surface area contributed by atoms with Gasteiger partial charge in [-0.1, -0.05) is 30.3 Å². The summed E-state index contributed by atoms with van der Waals surface area (Å²) in [6.45, 7) is 2.41. The fourth-order valence-electron chi connectivity index (χ4n) is 3.66. The minimum Gasteiger partial charge on any atom is -0.481 e. The molecule has 1 aromatic carbocycles. The minimum atomic E-state index is -0.852. The highest BCUT2D eigenvalue weighted by Crippen LogP contribution is 2.41. The summed E-state index contributed by atoms with van der Waals surface area (Å²) < 4.78 is 1.65. The maximum Gasteiger partial charge on any atom is 0.311 e. The second kappa shape index (κ2) is 6.11. The summed E-state index contributed by atoms with van der Waals surface area (Å²) >= 11 is 1.48. The molecule has 0 saturated heterocycles. The fourth-order valence-corrected chi connectivity index (χ4v) is 4.93. The molecular weight excluding hydrogens is 336 g/mol. The van der Waals surface area contributed by atoms with Crippen molar-refractivity contribution in [3.63, 3.8) is 0 Å². The highest BCUT2D eigenvalue weighted by atomic mass is 32.1. The molecule has 0 saturated carbocycles. The average Bonchev–Trinajstić information content (AvgIpc) is 3.00. The summed E-state index contributed by atoms with van der Waals surface area (Å²) in [6.07, 6.45) is 2.25. The van der Waals surface area contributed by atoms with Gasteiger partial charge in [-0.15, -0.1) is 11.3 Å². The molecule has 2 aromatic heterocycles. The fraction of sp³-hybridized carbons (Fsp3) is 0.316. The first-order chi connectivity index (χ1) is 12.1. The Labute approximate surface area is 148 Å². The average molecular weight is 354 g/mol. The van der Waals surface area contributed by atoms with Gasteiger partial charge >= 0.3 is 5.97 Å². The zero-order valence-corrected chi connectivity index (χ0v) is 14.7. The Morgan fingerprint density at radius 1 is 1.36 bits per heavy atom. The van der Waals surface area contributed by atoms with Crippen LogP contribution in [0.1, 0.15) is 36.1 Å². The number of rotatable bonds is 3. The van der Waals surface area contributed by atoms with Crippen LogP contribution in [0.4, 0.5) is 0 Å². The predicted molar refractivity (Wildman–Crippen MR) is 98.3 cm³/mol. The number of aromatic nitrogens is 2. The van der Waals surface area contributed by atoms with Gasteiger partial charge in [-0.05, 0) is 31.7 Å². The summed E-state index contributed by atoms with van der Waals surface area (Å²) in [5, 5.41) is 10.1. The second-order valence-corrected chi connectivity index (χ2v) is 7.34. The molecule has 1 N–H and O–H groups in total. The third kappa shape index (κ3) is 2.48. The van der Waals surface area contributed by atoms with E-state index in [0.717, 1.165) is 23.3 Å². The highest BCUT2D eigenvalue weighted by Gasteiger charge is 2.32. The highest BCUT2D eigenvalue weighted by molar-refractivity contribution is 7.18. The van der Waals surface area contributed by atoms with Crippen molar-refractivity contribution >= 4 is 27.5 Å². The molecule has 0 amide bonds. The van der Waals surface area contributed by atoms with E-state index in [0.29, 0.717) is 34.6 Å². The quantitative estimate of drug-likeness (QED) is 0.779. The summed E-state index contributed by atoms with van der Waals surface area (Å²) in [5.41, 5.74) is 1.47. The molecule has 6 heteroatoms. The van der Waals surface area contributed by atoms with E-state index in [9.17, 15) is 14.7 Å². The Bertz CT molecular complexity index is 1020. The summed E-state index contributed by atoms with van der Waals surface area (Å²) in [7, 11) is 0. The van der Waals surface area contributed by atoms with Crippen LogP contribution in [-0.4, -0.2) is 20.6 Å². The number of carboxylic acids is 1. The number of nitrogens with zero attached hydrogens (tertiary/aromatic N) is 2. The maximum atomic E-state index is 13.2. The second-order valence-electron chi connectivity index (χ2n) is 6.25. The summed E-state index contributed by atoms with van der Waals surface area (Å²) in [4.78, 5) is 31.3. The van der Waals surface area contributed by atoms with Gasteiger partial charge in [-0.25, -0.2) is 4.98 Å². The van der Waals surface area contributed by atoms with Crippen LogP contribution in [0.25, 0.3) is 21.6 Å². The van der Waals surface area contributed by atoms with Crippen molar-refractivity contribution in [1.29, 1.82) is 0 Å². The first kappa shape index (κ1) is 16.0. The molecule has 0 fully saturated rings. The van der Waals surface area contributed by atoms with E-state index >= 15 is 0 Å². The molecule has 0 aliphatic heterocycles. The van der Waals surface area contributed by atoms with Crippen molar-refractivity contribution in [2.75, 3.05) is 0 Å². The van der Waals surface area contributed by atoms with E-state index in [4.69, 9.17) is 4.98 Å². The maximum absolute atomic E-state index is 13.2. The van der Waals surface area contributed by atoms with Gasteiger partial charge in [0.2, 0.25) is 0 Å². The predicted octanol–water partition coefficient (Wildman–Crippen LogP) is 3.65. The van der Waals surface area contributed by atoms with Crippen LogP contribution in [0.3, 0.4) is 0 Å². The van der Waals surface area contributed by atoms with Crippen molar-refractivity contribution in [3.8, 4) is 11.4 Å². The number of aryl methyl sites for hydroxylation is 1. The smallest absolute Gasteiger partial charge is 0.311 e. The third-order valence-electron chi connectivity index (χ3n) is 4.82. The molecule has 5 nitrogen and oxygen atoms in total. The molecule has 0 spiro atoms. The molecule has 25 heavy (non-hydrogen) atoms. The van der Waals surface area contributed by atoms with Crippen LogP contribution in [0, 0.1) is 0 Å². The first-order valence-electron chi connectivity index (χ1n) is 8.46. The van der Waals surface area contributed by atoms with Gasteiger partial charge in [0.1, 0.15) is 10.7 Å². The van der Waals surface area contributed by atoms with Crippen molar-refractivity contribution in [1.82, 2.24) is 9.55 Å². The Morgan fingerprint density at radius 2 is 2.12 bits per heavy atom. The molecule has 4 rings (SSSR count). The number of hydrogen-bond acceptors (Lipinski definition) is 4. The number of benzene rings is 1. The molecule has 2 heterocycles. The number of hydrogen-bond donors (Lipinski definition) is 1. The SMILES string of the molecule is CCn1c(-c2ccccc2)nc2sc3c(c2c1=O)C(C(=O)O)CCC3. The van der Waals surface area contributed by atoms with Crippen LogP contribution < -0.4 is 5.56 Å².